The summed E-state index contributed by atoms with van der Waals surface area (Å²) in [5.74, 6) is 1.38. The van der Waals surface area contributed by atoms with Crippen molar-refractivity contribution < 1.29 is 8.42 Å². The second-order valence-electron chi connectivity index (χ2n) is 6.67. The lowest BCUT2D eigenvalue weighted by Gasteiger charge is -2.33. The second-order valence-corrected chi connectivity index (χ2v) is 8.55. The molecule has 3 rings (SSSR count). The summed E-state index contributed by atoms with van der Waals surface area (Å²) in [6, 6.07) is 9.16. The van der Waals surface area contributed by atoms with E-state index < -0.39 is 10.0 Å². The Morgan fingerprint density at radius 1 is 1.30 bits per heavy atom. The number of aromatic nitrogens is 2. The topological polar surface area (TPSA) is 113 Å². The van der Waals surface area contributed by atoms with Gasteiger partial charge < -0.3 is 16.0 Å². The number of benzene rings is 1. The van der Waals surface area contributed by atoms with Crippen LogP contribution in [0.2, 0.25) is 0 Å². The van der Waals surface area contributed by atoms with Gasteiger partial charge in [0.25, 0.3) is 0 Å². The first-order valence-electron chi connectivity index (χ1n) is 9.16. The Balaban J connectivity index is 1.70. The minimum Gasteiger partial charge on any atom is -0.397 e. The average molecular weight is 391 g/mol. The highest BCUT2D eigenvalue weighted by atomic mass is 32.2. The Morgan fingerprint density at radius 3 is 2.89 bits per heavy atom. The van der Waals surface area contributed by atoms with Crippen LogP contribution in [-0.2, 0) is 10.0 Å². The molecule has 1 aliphatic rings. The lowest BCUT2D eigenvalue weighted by Crippen LogP contribution is -2.48. The molecule has 0 amide bonds. The van der Waals surface area contributed by atoms with Gasteiger partial charge >= 0.3 is 0 Å². The van der Waals surface area contributed by atoms with Crippen molar-refractivity contribution in [3.63, 3.8) is 0 Å². The van der Waals surface area contributed by atoms with Gasteiger partial charge in [-0.2, -0.15) is 4.98 Å². The fourth-order valence-electron chi connectivity index (χ4n) is 3.18. The molecule has 0 bridgehead atoms. The van der Waals surface area contributed by atoms with Gasteiger partial charge in [0.05, 0.1) is 17.1 Å². The first kappa shape index (κ1) is 19.4. The van der Waals surface area contributed by atoms with E-state index in [-0.39, 0.29) is 11.8 Å². The van der Waals surface area contributed by atoms with Gasteiger partial charge in [-0.1, -0.05) is 19.1 Å². The molecular formula is C18H26N6O2S. The van der Waals surface area contributed by atoms with E-state index in [0.717, 1.165) is 30.9 Å². The van der Waals surface area contributed by atoms with Crippen LogP contribution in [0.3, 0.4) is 0 Å². The van der Waals surface area contributed by atoms with Gasteiger partial charge in [0, 0.05) is 25.3 Å². The van der Waals surface area contributed by atoms with Crippen molar-refractivity contribution in [2.75, 3.05) is 34.8 Å². The van der Waals surface area contributed by atoms with Gasteiger partial charge in [0.1, 0.15) is 5.82 Å². The van der Waals surface area contributed by atoms with Crippen LogP contribution in [0.25, 0.3) is 0 Å². The van der Waals surface area contributed by atoms with Crippen LogP contribution in [0.5, 0.6) is 0 Å². The molecule has 1 aliphatic heterocycles. The molecule has 1 saturated heterocycles. The van der Waals surface area contributed by atoms with Crippen LogP contribution in [0, 0.1) is 0 Å². The van der Waals surface area contributed by atoms with Crippen molar-refractivity contribution in [1.29, 1.82) is 0 Å². The Labute approximate surface area is 160 Å². The predicted octanol–water partition coefficient (Wildman–Crippen LogP) is 2.10. The maximum atomic E-state index is 12.1. The van der Waals surface area contributed by atoms with Gasteiger partial charge in [-0.15, -0.1) is 0 Å². The largest absolute Gasteiger partial charge is 0.397 e. The zero-order valence-electron chi connectivity index (χ0n) is 15.4. The summed E-state index contributed by atoms with van der Waals surface area (Å²) in [6.07, 6.45) is 4.03. The number of hydrogen-bond donors (Lipinski definition) is 3. The number of nitrogens with one attached hydrogen (secondary N) is 2. The SMILES string of the molecule is CCCS(=O)(=O)N[C@H]1CCCN(c2ccnc(Nc3ccccc3N)n2)C1. The highest BCUT2D eigenvalue weighted by molar-refractivity contribution is 7.89. The first-order chi connectivity index (χ1) is 13.0. The molecule has 1 fully saturated rings. The van der Waals surface area contributed by atoms with E-state index in [1.807, 2.05) is 37.3 Å². The molecule has 2 heterocycles. The fourth-order valence-corrected chi connectivity index (χ4v) is 4.54. The lowest BCUT2D eigenvalue weighted by atomic mass is 10.1. The monoisotopic (exact) mass is 390 g/mol. The van der Waals surface area contributed by atoms with Crippen LogP contribution in [0.15, 0.2) is 36.5 Å². The molecule has 9 heteroatoms. The highest BCUT2D eigenvalue weighted by Gasteiger charge is 2.24. The lowest BCUT2D eigenvalue weighted by molar-refractivity contribution is 0.463. The molecule has 8 nitrogen and oxygen atoms in total. The normalized spacial score (nSPS) is 17.7. The van der Waals surface area contributed by atoms with Crippen LogP contribution < -0.4 is 20.7 Å². The van der Waals surface area contributed by atoms with Gasteiger partial charge in [-0.25, -0.2) is 18.1 Å². The van der Waals surface area contributed by atoms with Crippen molar-refractivity contribution in [3.05, 3.63) is 36.5 Å². The van der Waals surface area contributed by atoms with Gasteiger partial charge in [-0.3, -0.25) is 0 Å². The number of nitrogens with zero attached hydrogens (tertiary/aromatic N) is 3. The molecule has 27 heavy (non-hydrogen) atoms. The molecule has 2 aromatic rings. The van der Waals surface area contributed by atoms with Crippen molar-refractivity contribution in [3.8, 4) is 0 Å². The Bertz CT molecular complexity index is 874. The molecule has 0 aliphatic carbocycles. The number of rotatable bonds is 7. The predicted molar refractivity (Wildman–Crippen MR) is 109 cm³/mol. The van der Waals surface area contributed by atoms with Crippen LogP contribution in [0.4, 0.5) is 23.1 Å². The first-order valence-corrected chi connectivity index (χ1v) is 10.8. The Morgan fingerprint density at radius 2 is 2.11 bits per heavy atom. The van der Waals surface area contributed by atoms with E-state index in [4.69, 9.17) is 5.73 Å². The van der Waals surface area contributed by atoms with E-state index in [2.05, 4.69) is 24.9 Å². The average Bonchev–Trinajstić information content (AvgIpc) is 2.64. The van der Waals surface area contributed by atoms with Gasteiger partial charge in [0.2, 0.25) is 16.0 Å². The van der Waals surface area contributed by atoms with E-state index in [0.29, 0.717) is 24.6 Å². The molecule has 4 N–H and O–H groups in total. The second kappa shape index (κ2) is 8.53. The number of nitrogen functional groups attached to an aromatic ring is 1. The number of piperidine rings is 1. The summed E-state index contributed by atoms with van der Waals surface area (Å²) in [6.45, 7) is 3.28. The number of sulfonamides is 1. The van der Waals surface area contributed by atoms with Gasteiger partial charge in [-0.05, 0) is 37.5 Å². The third kappa shape index (κ3) is 5.30. The Hall–Kier alpha value is -2.39. The molecule has 1 atom stereocenters. The molecule has 1 aromatic heterocycles. The van der Waals surface area contributed by atoms with Crippen molar-refractivity contribution in [2.24, 2.45) is 0 Å². The summed E-state index contributed by atoms with van der Waals surface area (Å²) < 4.78 is 26.9. The number of para-hydroxylation sites is 2. The van der Waals surface area contributed by atoms with Crippen molar-refractivity contribution in [1.82, 2.24) is 14.7 Å². The fraction of sp³-hybridized carbons (Fsp3) is 0.444. The van der Waals surface area contributed by atoms with Crippen LogP contribution >= 0.6 is 0 Å². The maximum Gasteiger partial charge on any atom is 0.229 e. The standard InChI is InChI=1S/C18H26N6O2S/c1-2-12-27(25,26)23-14-6-5-11-24(13-14)17-9-10-20-18(22-17)21-16-8-4-3-7-15(16)19/h3-4,7-10,14,23H,2,5-6,11-13,19H2,1H3,(H,20,21,22)/t14-/m0/s1. The number of anilines is 4. The van der Waals surface area contributed by atoms with E-state index >= 15 is 0 Å². The third-order valence-corrected chi connectivity index (χ3v) is 6.05. The third-order valence-electron chi connectivity index (χ3n) is 4.41. The summed E-state index contributed by atoms with van der Waals surface area (Å²) in [4.78, 5) is 10.9. The molecular weight excluding hydrogens is 364 g/mol. The summed E-state index contributed by atoms with van der Waals surface area (Å²) in [7, 11) is -3.23. The zero-order valence-corrected chi connectivity index (χ0v) is 16.2. The summed E-state index contributed by atoms with van der Waals surface area (Å²) >= 11 is 0. The molecule has 1 aromatic carbocycles. The number of hydrogen-bond acceptors (Lipinski definition) is 7. The number of nitrogens with two attached hydrogens (primary N) is 1. The Kier molecular flexibility index (Phi) is 6.12. The molecule has 146 valence electrons. The maximum absolute atomic E-state index is 12.1. The molecule has 0 spiro atoms. The molecule has 0 unspecified atom stereocenters. The van der Waals surface area contributed by atoms with E-state index in [1.54, 1.807) is 6.20 Å². The highest BCUT2D eigenvalue weighted by Crippen LogP contribution is 2.23. The quantitative estimate of drug-likeness (QED) is 0.620. The van der Waals surface area contributed by atoms with E-state index in [1.165, 1.54) is 0 Å². The van der Waals surface area contributed by atoms with Crippen LogP contribution in [-0.4, -0.2) is 43.3 Å². The molecule has 0 radical (unpaired) electrons. The van der Waals surface area contributed by atoms with E-state index in [9.17, 15) is 8.42 Å². The minimum absolute atomic E-state index is 0.105. The van der Waals surface area contributed by atoms with Crippen LogP contribution in [0.1, 0.15) is 26.2 Å². The van der Waals surface area contributed by atoms with Gasteiger partial charge in [0.15, 0.2) is 0 Å². The van der Waals surface area contributed by atoms with Crippen molar-refractivity contribution >= 4 is 33.2 Å². The zero-order chi connectivity index (χ0) is 19.3. The summed E-state index contributed by atoms with van der Waals surface area (Å²) in [5, 5.41) is 3.13. The minimum atomic E-state index is -3.23. The molecule has 0 saturated carbocycles. The smallest absolute Gasteiger partial charge is 0.229 e. The van der Waals surface area contributed by atoms with Crippen molar-refractivity contribution in [2.45, 2.75) is 32.2 Å². The summed E-state index contributed by atoms with van der Waals surface area (Å²) in [5.41, 5.74) is 7.33.